The van der Waals surface area contributed by atoms with Crippen molar-refractivity contribution in [1.29, 1.82) is 0 Å². The van der Waals surface area contributed by atoms with Crippen molar-refractivity contribution in [2.24, 2.45) is 0 Å². The number of amides is 1. The van der Waals surface area contributed by atoms with Gasteiger partial charge in [-0.1, -0.05) is 0 Å². The van der Waals surface area contributed by atoms with Crippen molar-refractivity contribution in [2.45, 2.75) is 26.4 Å². The topological polar surface area (TPSA) is 58.6 Å². The molecule has 20 heavy (non-hydrogen) atoms. The van der Waals surface area contributed by atoms with Crippen molar-refractivity contribution >= 4 is 27.8 Å². The molecule has 0 atom stereocenters. The van der Waals surface area contributed by atoms with Gasteiger partial charge >= 0.3 is 6.09 Å². The summed E-state index contributed by atoms with van der Waals surface area (Å²) in [5.74, 6) is 0.831. The Balaban J connectivity index is 1.89. The molecule has 0 spiro atoms. The fraction of sp³-hybridized carbons (Fsp3) is 0.615. The van der Waals surface area contributed by atoms with Gasteiger partial charge in [0.15, 0.2) is 5.82 Å². The average Bonchev–Trinajstić information content (AvgIpc) is 2.38. The van der Waals surface area contributed by atoms with E-state index in [1.54, 1.807) is 4.90 Å². The summed E-state index contributed by atoms with van der Waals surface area (Å²) >= 11 is 3.26. The lowest BCUT2D eigenvalue weighted by Crippen LogP contribution is -2.50. The van der Waals surface area contributed by atoms with Crippen molar-refractivity contribution in [3.05, 3.63) is 16.7 Å². The molecule has 6 nitrogen and oxygen atoms in total. The summed E-state index contributed by atoms with van der Waals surface area (Å²) < 4.78 is 6.08. The van der Waals surface area contributed by atoms with Gasteiger partial charge in [-0.2, -0.15) is 0 Å². The van der Waals surface area contributed by atoms with E-state index in [0.717, 1.165) is 18.9 Å². The largest absolute Gasteiger partial charge is 0.444 e. The van der Waals surface area contributed by atoms with E-state index in [2.05, 4.69) is 31.0 Å². The van der Waals surface area contributed by atoms with E-state index in [1.807, 2.05) is 32.9 Å². The quantitative estimate of drug-likeness (QED) is 0.783. The number of aromatic nitrogens is 2. The van der Waals surface area contributed by atoms with Crippen LogP contribution in [-0.2, 0) is 4.74 Å². The molecular weight excluding hydrogens is 324 g/mol. The molecule has 2 heterocycles. The van der Waals surface area contributed by atoms with Gasteiger partial charge in [0.25, 0.3) is 0 Å². The monoisotopic (exact) mass is 342 g/mol. The Labute approximate surface area is 127 Å². The van der Waals surface area contributed by atoms with Crippen molar-refractivity contribution in [2.75, 3.05) is 31.1 Å². The number of piperazine rings is 1. The Morgan fingerprint density at radius 2 is 1.85 bits per heavy atom. The third-order valence-electron chi connectivity index (χ3n) is 2.87. The number of ether oxygens (including phenoxy) is 1. The van der Waals surface area contributed by atoms with Crippen LogP contribution in [0.3, 0.4) is 0 Å². The molecule has 0 aliphatic carbocycles. The van der Waals surface area contributed by atoms with Gasteiger partial charge in [0.2, 0.25) is 0 Å². The minimum absolute atomic E-state index is 0.251. The van der Waals surface area contributed by atoms with Crippen molar-refractivity contribution in [3.63, 3.8) is 0 Å². The van der Waals surface area contributed by atoms with Crippen LogP contribution < -0.4 is 4.90 Å². The lowest BCUT2D eigenvalue weighted by atomic mass is 10.2. The molecule has 1 amide bonds. The molecule has 110 valence electrons. The molecule has 1 aromatic heterocycles. The third kappa shape index (κ3) is 4.06. The van der Waals surface area contributed by atoms with Crippen LogP contribution in [0.4, 0.5) is 10.6 Å². The van der Waals surface area contributed by atoms with Gasteiger partial charge in [-0.25, -0.2) is 4.79 Å². The summed E-state index contributed by atoms with van der Waals surface area (Å²) in [4.78, 5) is 15.8. The smallest absolute Gasteiger partial charge is 0.410 e. The molecule has 0 N–H and O–H groups in total. The second-order valence-corrected chi connectivity index (χ2v) is 6.48. The second kappa shape index (κ2) is 5.95. The molecule has 0 radical (unpaired) electrons. The van der Waals surface area contributed by atoms with E-state index >= 15 is 0 Å². The number of nitrogens with zero attached hydrogens (tertiary/aromatic N) is 4. The summed E-state index contributed by atoms with van der Waals surface area (Å²) in [7, 11) is 0. The lowest BCUT2D eigenvalue weighted by Gasteiger charge is -2.35. The van der Waals surface area contributed by atoms with Crippen LogP contribution in [0.5, 0.6) is 0 Å². The summed E-state index contributed by atoms with van der Waals surface area (Å²) in [5, 5.41) is 8.10. The Hall–Kier alpha value is -1.37. The standard InChI is InChI=1S/C13H19BrN4O2/c1-13(2,3)20-12(19)18-8-6-17(7-9-18)11-5-4-10(14)15-16-11/h4-5H,6-9H2,1-3H3. The highest BCUT2D eigenvalue weighted by Gasteiger charge is 2.26. The highest BCUT2D eigenvalue weighted by Crippen LogP contribution is 2.16. The molecule has 1 fully saturated rings. The predicted octanol–water partition coefficient (Wildman–Crippen LogP) is 2.30. The van der Waals surface area contributed by atoms with Gasteiger partial charge in [-0.05, 0) is 48.8 Å². The summed E-state index contributed by atoms with van der Waals surface area (Å²) in [6, 6.07) is 3.78. The minimum atomic E-state index is -0.453. The number of hydrogen-bond acceptors (Lipinski definition) is 5. The zero-order valence-electron chi connectivity index (χ0n) is 12.0. The first kappa shape index (κ1) is 15.0. The number of carbonyl (C=O) groups is 1. The number of rotatable bonds is 1. The van der Waals surface area contributed by atoms with E-state index in [-0.39, 0.29) is 6.09 Å². The van der Waals surface area contributed by atoms with E-state index < -0.39 is 5.60 Å². The van der Waals surface area contributed by atoms with Crippen molar-refractivity contribution in [3.8, 4) is 0 Å². The first-order valence-electron chi connectivity index (χ1n) is 6.57. The van der Waals surface area contributed by atoms with E-state index in [1.165, 1.54) is 0 Å². The predicted molar refractivity (Wildman–Crippen MR) is 79.8 cm³/mol. The van der Waals surface area contributed by atoms with Crippen LogP contribution in [0.1, 0.15) is 20.8 Å². The Bertz CT molecular complexity index is 464. The number of carbonyl (C=O) groups excluding carboxylic acids is 1. The van der Waals surface area contributed by atoms with Crippen LogP contribution in [0.15, 0.2) is 16.7 Å². The van der Waals surface area contributed by atoms with Gasteiger partial charge in [0.1, 0.15) is 10.2 Å². The molecule has 1 aromatic rings. The number of hydrogen-bond donors (Lipinski definition) is 0. The molecular formula is C13H19BrN4O2. The maximum atomic E-state index is 12.0. The Kier molecular flexibility index (Phi) is 4.47. The van der Waals surface area contributed by atoms with Crippen LogP contribution in [0.25, 0.3) is 0 Å². The van der Waals surface area contributed by atoms with Crippen LogP contribution in [-0.4, -0.2) is 53.0 Å². The molecule has 1 aliphatic rings. The van der Waals surface area contributed by atoms with Crippen molar-refractivity contribution in [1.82, 2.24) is 15.1 Å². The maximum Gasteiger partial charge on any atom is 0.410 e. The number of halogens is 1. The van der Waals surface area contributed by atoms with Gasteiger partial charge in [0.05, 0.1) is 0 Å². The molecule has 1 saturated heterocycles. The van der Waals surface area contributed by atoms with Crippen molar-refractivity contribution < 1.29 is 9.53 Å². The van der Waals surface area contributed by atoms with Gasteiger partial charge in [-0.3, -0.25) is 0 Å². The van der Waals surface area contributed by atoms with Gasteiger partial charge in [-0.15, -0.1) is 10.2 Å². The molecule has 7 heteroatoms. The fourth-order valence-electron chi connectivity index (χ4n) is 1.92. The summed E-state index contributed by atoms with van der Waals surface area (Å²) in [6.45, 7) is 8.35. The average molecular weight is 343 g/mol. The fourth-order valence-corrected chi connectivity index (χ4v) is 2.13. The molecule has 0 bridgehead atoms. The SMILES string of the molecule is CC(C)(C)OC(=O)N1CCN(c2ccc(Br)nn2)CC1. The normalized spacial score (nSPS) is 16.2. The van der Waals surface area contributed by atoms with Gasteiger partial charge < -0.3 is 14.5 Å². The summed E-state index contributed by atoms with van der Waals surface area (Å²) in [5.41, 5.74) is -0.453. The second-order valence-electron chi connectivity index (χ2n) is 5.67. The zero-order chi connectivity index (χ0) is 14.8. The molecule has 1 aliphatic heterocycles. The van der Waals surface area contributed by atoms with Crippen LogP contribution in [0.2, 0.25) is 0 Å². The Morgan fingerprint density at radius 1 is 1.20 bits per heavy atom. The minimum Gasteiger partial charge on any atom is -0.444 e. The van der Waals surface area contributed by atoms with E-state index in [9.17, 15) is 4.79 Å². The van der Waals surface area contributed by atoms with Crippen LogP contribution >= 0.6 is 15.9 Å². The maximum absolute atomic E-state index is 12.0. The lowest BCUT2D eigenvalue weighted by molar-refractivity contribution is 0.0240. The summed E-state index contributed by atoms with van der Waals surface area (Å²) in [6.07, 6.45) is -0.251. The highest BCUT2D eigenvalue weighted by molar-refractivity contribution is 9.10. The molecule has 0 saturated carbocycles. The number of anilines is 1. The molecule has 0 aromatic carbocycles. The zero-order valence-corrected chi connectivity index (χ0v) is 13.6. The Morgan fingerprint density at radius 3 is 2.35 bits per heavy atom. The van der Waals surface area contributed by atoms with E-state index in [4.69, 9.17) is 4.74 Å². The first-order chi connectivity index (χ1) is 9.35. The van der Waals surface area contributed by atoms with Gasteiger partial charge in [0, 0.05) is 26.2 Å². The van der Waals surface area contributed by atoms with E-state index in [0.29, 0.717) is 17.7 Å². The molecule has 0 unspecified atom stereocenters. The first-order valence-corrected chi connectivity index (χ1v) is 7.36. The molecule has 2 rings (SSSR count). The third-order valence-corrected chi connectivity index (χ3v) is 3.30. The highest BCUT2D eigenvalue weighted by atomic mass is 79.9. The van der Waals surface area contributed by atoms with Crippen LogP contribution in [0, 0.1) is 0 Å².